The Morgan fingerprint density at radius 1 is 1.57 bits per heavy atom. The highest BCUT2D eigenvalue weighted by molar-refractivity contribution is 5.98. The zero-order valence-corrected chi connectivity index (χ0v) is 11.7. The number of aliphatic hydroxyl groups excluding tert-OH is 1. The molecule has 5 nitrogen and oxygen atoms in total. The molecule has 0 aliphatic carbocycles. The van der Waals surface area contributed by atoms with Gasteiger partial charge in [-0.15, -0.1) is 0 Å². The fraction of sp³-hybridized carbons (Fsp3) is 0.400. The van der Waals surface area contributed by atoms with Crippen molar-refractivity contribution < 1.29 is 19.0 Å². The number of H-pyrrole nitrogens is 1. The summed E-state index contributed by atoms with van der Waals surface area (Å²) >= 11 is 0. The summed E-state index contributed by atoms with van der Waals surface area (Å²) in [5.74, 6) is -0.564. The Kier molecular flexibility index (Phi) is 3.65. The molecule has 1 amide bonds. The summed E-state index contributed by atoms with van der Waals surface area (Å²) in [6.07, 6.45) is -0.369. The topological polar surface area (TPSA) is 65.6 Å². The summed E-state index contributed by atoms with van der Waals surface area (Å²) in [5.41, 5.74) is 0.943. The van der Waals surface area contributed by atoms with Gasteiger partial charge in [0.1, 0.15) is 11.5 Å². The molecular weight excluding hydrogens is 275 g/mol. The van der Waals surface area contributed by atoms with E-state index < -0.39 is 0 Å². The van der Waals surface area contributed by atoms with Crippen LogP contribution in [0.1, 0.15) is 17.4 Å². The lowest BCUT2D eigenvalue weighted by molar-refractivity contribution is -0.0668. The van der Waals surface area contributed by atoms with Crippen LogP contribution in [-0.2, 0) is 4.74 Å². The molecule has 2 atom stereocenters. The highest BCUT2D eigenvalue weighted by atomic mass is 19.1. The normalized spacial score (nSPS) is 22.7. The summed E-state index contributed by atoms with van der Waals surface area (Å²) in [6, 6.07) is 6.14. The van der Waals surface area contributed by atoms with Crippen LogP contribution in [0.3, 0.4) is 0 Å². The van der Waals surface area contributed by atoms with E-state index in [1.54, 1.807) is 17.0 Å². The van der Waals surface area contributed by atoms with Gasteiger partial charge in [0.2, 0.25) is 0 Å². The lowest BCUT2D eigenvalue weighted by Gasteiger charge is -2.37. The summed E-state index contributed by atoms with van der Waals surface area (Å²) in [4.78, 5) is 17.2. The molecule has 0 radical (unpaired) electrons. The van der Waals surface area contributed by atoms with Crippen LogP contribution in [-0.4, -0.2) is 52.8 Å². The fourth-order valence-electron chi connectivity index (χ4n) is 2.60. The second-order valence-corrected chi connectivity index (χ2v) is 5.33. The highest BCUT2D eigenvalue weighted by Gasteiger charge is 2.30. The van der Waals surface area contributed by atoms with Gasteiger partial charge in [0.05, 0.1) is 25.4 Å². The average Bonchev–Trinajstić information content (AvgIpc) is 2.93. The number of morpholine rings is 1. The third-order valence-electron chi connectivity index (χ3n) is 3.81. The summed E-state index contributed by atoms with van der Waals surface area (Å²) in [7, 11) is 0. The van der Waals surface area contributed by atoms with E-state index in [2.05, 4.69) is 4.98 Å². The number of nitrogens with zero attached hydrogens (tertiary/aromatic N) is 1. The molecule has 1 aromatic carbocycles. The number of fused-ring (bicyclic) bond motifs is 1. The average molecular weight is 292 g/mol. The molecule has 1 aromatic heterocycles. The molecule has 2 N–H and O–H groups in total. The molecule has 1 fully saturated rings. The molecule has 1 aliphatic rings. The number of carbonyl (C=O) groups is 1. The predicted molar refractivity (Wildman–Crippen MR) is 75.6 cm³/mol. The summed E-state index contributed by atoms with van der Waals surface area (Å²) < 4.78 is 19.1. The maximum absolute atomic E-state index is 13.7. The van der Waals surface area contributed by atoms with E-state index in [1.165, 1.54) is 12.1 Å². The Hall–Kier alpha value is -1.92. The Morgan fingerprint density at radius 3 is 3.10 bits per heavy atom. The van der Waals surface area contributed by atoms with Crippen LogP contribution in [0.5, 0.6) is 0 Å². The summed E-state index contributed by atoms with van der Waals surface area (Å²) in [5, 5.41) is 9.58. The number of ether oxygens (including phenoxy) is 1. The second-order valence-electron chi connectivity index (χ2n) is 5.33. The van der Waals surface area contributed by atoms with Gasteiger partial charge in [0.25, 0.3) is 5.91 Å². The maximum Gasteiger partial charge on any atom is 0.270 e. The van der Waals surface area contributed by atoms with Gasteiger partial charge in [0.15, 0.2) is 0 Å². The van der Waals surface area contributed by atoms with Crippen molar-refractivity contribution in [1.82, 2.24) is 9.88 Å². The molecule has 0 bridgehead atoms. The van der Waals surface area contributed by atoms with Crippen molar-refractivity contribution in [3.63, 3.8) is 0 Å². The van der Waals surface area contributed by atoms with Crippen molar-refractivity contribution in [2.45, 2.75) is 19.1 Å². The first-order valence-electron chi connectivity index (χ1n) is 6.91. The number of aromatic nitrogens is 1. The van der Waals surface area contributed by atoms with Crippen LogP contribution in [0.4, 0.5) is 4.39 Å². The molecule has 0 saturated carbocycles. The third kappa shape index (κ3) is 2.52. The Bertz CT molecular complexity index is 670. The standard InChI is InChI=1S/C15H17FN2O3/c1-9-8-21-10(7-19)6-18(9)15(20)14-5-11-12(16)3-2-4-13(11)17-14/h2-5,9-10,17,19H,6-8H2,1H3. The molecule has 3 rings (SSSR count). The molecule has 2 heterocycles. The van der Waals surface area contributed by atoms with E-state index in [0.717, 1.165) is 0 Å². The van der Waals surface area contributed by atoms with Crippen molar-refractivity contribution in [1.29, 1.82) is 0 Å². The number of nitrogens with one attached hydrogen (secondary N) is 1. The van der Waals surface area contributed by atoms with E-state index in [-0.39, 0.29) is 30.5 Å². The monoisotopic (exact) mass is 292 g/mol. The van der Waals surface area contributed by atoms with Gasteiger partial charge in [-0.2, -0.15) is 0 Å². The first kappa shape index (κ1) is 14.0. The molecule has 6 heteroatoms. The van der Waals surface area contributed by atoms with Gasteiger partial charge in [-0.3, -0.25) is 4.79 Å². The minimum atomic E-state index is -0.369. The molecular formula is C15H17FN2O3. The zero-order chi connectivity index (χ0) is 15.0. The van der Waals surface area contributed by atoms with E-state index in [9.17, 15) is 14.3 Å². The highest BCUT2D eigenvalue weighted by Crippen LogP contribution is 2.21. The van der Waals surface area contributed by atoms with Crippen LogP contribution in [0.2, 0.25) is 0 Å². The van der Waals surface area contributed by atoms with Crippen LogP contribution < -0.4 is 0 Å². The first-order chi connectivity index (χ1) is 10.1. The van der Waals surface area contributed by atoms with Crippen molar-refractivity contribution in [2.24, 2.45) is 0 Å². The summed E-state index contributed by atoms with van der Waals surface area (Å²) in [6.45, 7) is 2.46. The number of hydrogen-bond donors (Lipinski definition) is 2. The minimum absolute atomic E-state index is 0.0865. The van der Waals surface area contributed by atoms with Crippen LogP contribution in [0.15, 0.2) is 24.3 Å². The Labute approximate surface area is 121 Å². The number of aromatic amines is 1. The molecule has 112 valence electrons. The molecule has 1 aliphatic heterocycles. The molecule has 0 spiro atoms. The SMILES string of the molecule is CC1COC(CO)CN1C(=O)c1cc2c(F)cccc2[nH]1. The number of rotatable bonds is 2. The second kappa shape index (κ2) is 5.46. The van der Waals surface area contributed by atoms with Gasteiger partial charge in [0, 0.05) is 17.4 Å². The Morgan fingerprint density at radius 2 is 2.38 bits per heavy atom. The van der Waals surface area contributed by atoms with Gasteiger partial charge < -0.3 is 19.7 Å². The van der Waals surface area contributed by atoms with Crippen molar-refractivity contribution in [2.75, 3.05) is 19.8 Å². The van der Waals surface area contributed by atoms with Gasteiger partial charge >= 0.3 is 0 Å². The molecule has 2 aromatic rings. The van der Waals surface area contributed by atoms with Crippen molar-refractivity contribution >= 4 is 16.8 Å². The fourth-order valence-corrected chi connectivity index (χ4v) is 2.60. The number of aliphatic hydroxyl groups is 1. The molecule has 1 saturated heterocycles. The number of amides is 1. The molecule has 2 unspecified atom stereocenters. The lowest BCUT2D eigenvalue weighted by atomic mass is 10.1. The number of hydrogen-bond acceptors (Lipinski definition) is 3. The van der Waals surface area contributed by atoms with E-state index in [1.807, 2.05) is 6.92 Å². The predicted octanol–water partition coefficient (Wildman–Crippen LogP) is 1.53. The van der Waals surface area contributed by atoms with Crippen LogP contribution >= 0.6 is 0 Å². The number of halogens is 1. The molecule has 21 heavy (non-hydrogen) atoms. The van der Waals surface area contributed by atoms with Gasteiger partial charge in [-0.1, -0.05) is 6.07 Å². The zero-order valence-electron chi connectivity index (χ0n) is 11.7. The Balaban J connectivity index is 1.90. The first-order valence-corrected chi connectivity index (χ1v) is 6.91. The van der Waals surface area contributed by atoms with Crippen LogP contribution in [0.25, 0.3) is 10.9 Å². The number of carbonyl (C=O) groups excluding carboxylic acids is 1. The smallest absolute Gasteiger partial charge is 0.270 e. The van der Waals surface area contributed by atoms with Crippen molar-refractivity contribution in [3.8, 4) is 0 Å². The maximum atomic E-state index is 13.7. The van der Waals surface area contributed by atoms with Crippen molar-refractivity contribution in [3.05, 3.63) is 35.8 Å². The minimum Gasteiger partial charge on any atom is -0.394 e. The largest absolute Gasteiger partial charge is 0.394 e. The van der Waals surface area contributed by atoms with Gasteiger partial charge in [-0.25, -0.2) is 4.39 Å². The van der Waals surface area contributed by atoms with Gasteiger partial charge in [-0.05, 0) is 25.1 Å². The third-order valence-corrected chi connectivity index (χ3v) is 3.81. The number of benzene rings is 1. The van der Waals surface area contributed by atoms with E-state index in [0.29, 0.717) is 29.7 Å². The quantitative estimate of drug-likeness (QED) is 0.882. The lowest BCUT2D eigenvalue weighted by Crippen LogP contribution is -2.52. The van der Waals surface area contributed by atoms with E-state index >= 15 is 0 Å². The van der Waals surface area contributed by atoms with E-state index in [4.69, 9.17) is 4.74 Å². The van der Waals surface area contributed by atoms with Crippen LogP contribution in [0, 0.1) is 5.82 Å².